The largest absolute Gasteiger partial charge is 0.481 e. The van der Waals surface area contributed by atoms with Gasteiger partial charge in [-0.2, -0.15) is 0 Å². The maximum atomic E-state index is 11.2. The van der Waals surface area contributed by atoms with Crippen LogP contribution in [0.3, 0.4) is 0 Å². The predicted octanol–water partition coefficient (Wildman–Crippen LogP) is 0.404. The predicted molar refractivity (Wildman–Crippen MR) is 59.7 cm³/mol. The van der Waals surface area contributed by atoms with Gasteiger partial charge in [-0.25, -0.2) is 9.59 Å². The summed E-state index contributed by atoms with van der Waals surface area (Å²) in [4.78, 5) is 32.3. The van der Waals surface area contributed by atoms with Crippen molar-refractivity contribution in [2.75, 3.05) is 6.54 Å². The molecule has 2 amide bonds. The fourth-order valence-electron chi connectivity index (χ4n) is 1.11. The number of carbonyl (C=O) groups is 3. The van der Waals surface area contributed by atoms with Crippen molar-refractivity contribution in [2.45, 2.75) is 38.6 Å². The Hall–Kier alpha value is -1.79. The van der Waals surface area contributed by atoms with E-state index in [-0.39, 0.29) is 12.8 Å². The van der Waals surface area contributed by atoms with E-state index in [1.165, 1.54) is 0 Å². The van der Waals surface area contributed by atoms with Gasteiger partial charge in [-0.15, -0.1) is 0 Å². The second-order valence-corrected chi connectivity index (χ2v) is 3.58. The van der Waals surface area contributed by atoms with Gasteiger partial charge in [-0.1, -0.05) is 13.3 Å². The number of unbranched alkanes of at least 4 members (excludes halogenated alkanes) is 1. The molecule has 0 bridgehead atoms. The molecule has 4 N–H and O–H groups in total. The smallest absolute Gasteiger partial charge is 0.326 e. The van der Waals surface area contributed by atoms with Crippen LogP contribution in [0.25, 0.3) is 0 Å². The first kappa shape index (κ1) is 15.2. The molecule has 7 heteroatoms. The summed E-state index contributed by atoms with van der Waals surface area (Å²) in [7, 11) is 0. The minimum atomic E-state index is -1.24. The van der Waals surface area contributed by atoms with Crippen LogP contribution in [0.15, 0.2) is 0 Å². The van der Waals surface area contributed by atoms with Crippen LogP contribution in [0.1, 0.15) is 32.6 Å². The number of nitrogens with one attached hydrogen (secondary N) is 2. The SMILES string of the molecule is CCCCNC(=O)NC(CCC(=O)O)C(=O)O. The van der Waals surface area contributed by atoms with Crippen LogP contribution in [0, 0.1) is 0 Å². The summed E-state index contributed by atoms with van der Waals surface area (Å²) in [5.74, 6) is -2.33. The van der Waals surface area contributed by atoms with Crippen LogP contribution in [-0.2, 0) is 9.59 Å². The molecule has 0 fully saturated rings. The summed E-state index contributed by atoms with van der Waals surface area (Å²) >= 11 is 0. The Morgan fingerprint density at radius 2 is 1.88 bits per heavy atom. The van der Waals surface area contributed by atoms with E-state index in [9.17, 15) is 14.4 Å². The Balaban J connectivity index is 4.02. The van der Waals surface area contributed by atoms with Gasteiger partial charge in [0.25, 0.3) is 0 Å². The van der Waals surface area contributed by atoms with Gasteiger partial charge in [-0.05, 0) is 12.8 Å². The van der Waals surface area contributed by atoms with Crippen LogP contribution in [0.4, 0.5) is 4.79 Å². The highest BCUT2D eigenvalue weighted by Gasteiger charge is 2.20. The number of urea groups is 1. The van der Waals surface area contributed by atoms with E-state index < -0.39 is 24.0 Å². The summed E-state index contributed by atoms with van der Waals surface area (Å²) in [6.45, 7) is 2.43. The summed E-state index contributed by atoms with van der Waals surface area (Å²) in [5.41, 5.74) is 0. The van der Waals surface area contributed by atoms with E-state index in [2.05, 4.69) is 10.6 Å². The lowest BCUT2D eigenvalue weighted by Crippen LogP contribution is -2.46. The molecule has 0 aromatic carbocycles. The fraction of sp³-hybridized carbons (Fsp3) is 0.700. The van der Waals surface area contributed by atoms with Gasteiger partial charge < -0.3 is 20.8 Å². The summed E-state index contributed by atoms with van der Waals surface area (Å²) < 4.78 is 0. The molecule has 0 saturated heterocycles. The molecular weight excluding hydrogens is 228 g/mol. The lowest BCUT2D eigenvalue weighted by Gasteiger charge is -2.14. The zero-order valence-corrected chi connectivity index (χ0v) is 9.73. The number of aliphatic carboxylic acids is 2. The summed E-state index contributed by atoms with van der Waals surface area (Å²) in [6, 6.07) is -1.76. The van der Waals surface area contributed by atoms with E-state index >= 15 is 0 Å². The van der Waals surface area contributed by atoms with Crippen LogP contribution >= 0.6 is 0 Å². The molecule has 0 aliphatic carbocycles. The van der Waals surface area contributed by atoms with Gasteiger partial charge in [0.05, 0.1) is 0 Å². The van der Waals surface area contributed by atoms with E-state index in [4.69, 9.17) is 10.2 Å². The highest BCUT2D eigenvalue weighted by molar-refractivity contribution is 5.82. The van der Waals surface area contributed by atoms with Gasteiger partial charge >= 0.3 is 18.0 Å². The number of carboxylic acids is 2. The molecule has 98 valence electrons. The average Bonchev–Trinajstić information content (AvgIpc) is 2.23. The maximum absolute atomic E-state index is 11.2. The molecule has 7 nitrogen and oxygen atoms in total. The van der Waals surface area contributed by atoms with E-state index in [1.54, 1.807) is 0 Å². The highest BCUT2D eigenvalue weighted by Crippen LogP contribution is 1.98. The second kappa shape index (κ2) is 8.37. The molecular formula is C10H18N2O5. The van der Waals surface area contributed by atoms with Crippen molar-refractivity contribution in [3.63, 3.8) is 0 Å². The minimum absolute atomic E-state index is 0.133. The van der Waals surface area contributed by atoms with Crippen LogP contribution < -0.4 is 10.6 Å². The number of carboxylic acid groups (broad SMARTS) is 2. The normalized spacial score (nSPS) is 11.6. The van der Waals surface area contributed by atoms with Crippen molar-refractivity contribution in [2.24, 2.45) is 0 Å². The lowest BCUT2D eigenvalue weighted by atomic mass is 10.1. The molecule has 0 rings (SSSR count). The molecule has 0 aliphatic heterocycles. The molecule has 0 aromatic rings. The molecule has 0 heterocycles. The quantitative estimate of drug-likeness (QED) is 0.463. The Morgan fingerprint density at radius 3 is 2.35 bits per heavy atom. The topological polar surface area (TPSA) is 116 Å². The Labute approximate surface area is 99.2 Å². The van der Waals surface area contributed by atoms with Crippen molar-refractivity contribution in [1.29, 1.82) is 0 Å². The average molecular weight is 246 g/mol. The van der Waals surface area contributed by atoms with Crippen LogP contribution in [-0.4, -0.2) is 40.8 Å². The Kier molecular flexibility index (Phi) is 7.49. The third-order valence-electron chi connectivity index (χ3n) is 2.07. The van der Waals surface area contributed by atoms with Crippen molar-refractivity contribution in [1.82, 2.24) is 10.6 Å². The molecule has 1 atom stereocenters. The monoisotopic (exact) mass is 246 g/mol. The fourth-order valence-corrected chi connectivity index (χ4v) is 1.11. The number of hydrogen-bond donors (Lipinski definition) is 4. The first-order valence-corrected chi connectivity index (χ1v) is 5.46. The van der Waals surface area contributed by atoms with Crippen molar-refractivity contribution in [3.8, 4) is 0 Å². The molecule has 1 unspecified atom stereocenters. The van der Waals surface area contributed by atoms with Crippen LogP contribution in [0.5, 0.6) is 0 Å². The Bertz CT molecular complexity index is 280. The highest BCUT2D eigenvalue weighted by atomic mass is 16.4. The maximum Gasteiger partial charge on any atom is 0.326 e. The van der Waals surface area contributed by atoms with Gasteiger partial charge in [0.1, 0.15) is 6.04 Å². The molecule has 0 saturated carbocycles. The zero-order valence-electron chi connectivity index (χ0n) is 9.73. The molecule has 0 spiro atoms. The minimum Gasteiger partial charge on any atom is -0.481 e. The van der Waals surface area contributed by atoms with Gasteiger partial charge in [-0.3, -0.25) is 4.79 Å². The van der Waals surface area contributed by atoms with E-state index in [0.29, 0.717) is 6.54 Å². The first-order valence-electron chi connectivity index (χ1n) is 5.46. The second-order valence-electron chi connectivity index (χ2n) is 3.58. The summed E-state index contributed by atoms with van der Waals surface area (Å²) in [6.07, 6.45) is 1.29. The molecule has 0 aliphatic rings. The van der Waals surface area contributed by atoms with E-state index in [0.717, 1.165) is 12.8 Å². The number of carbonyl (C=O) groups excluding carboxylic acids is 1. The van der Waals surface area contributed by atoms with Crippen molar-refractivity contribution in [3.05, 3.63) is 0 Å². The van der Waals surface area contributed by atoms with Crippen molar-refractivity contribution >= 4 is 18.0 Å². The summed E-state index contributed by atoms with van der Waals surface area (Å²) in [5, 5.41) is 21.9. The van der Waals surface area contributed by atoms with Crippen LogP contribution in [0.2, 0.25) is 0 Å². The van der Waals surface area contributed by atoms with Gasteiger partial charge in [0.15, 0.2) is 0 Å². The standard InChI is InChI=1S/C10H18N2O5/c1-2-3-6-11-10(17)12-7(9(15)16)4-5-8(13)14/h7H,2-6H2,1H3,(H,13,14)(H,15,16)(H2,11,12,17). The third-order valence-corrected chi connectivity index (χ3v) is 2.07. The number of hydrogen-bond acceptors (Lipinski definition) is 3. The molecule has 17 heavy (non-hydrogen) atoms. The molecule has 0 aromatic heterocycles. The van der Waals surface area contributed by atoms with Gasteiger partial charge in [0, 0.05) is 13.0 Å². The van der Waals surface area contributed by atoms with Crippen molar-refractivity contribution < 1.29 is 24.6 Å². The Morgan fingerprint density at radius 1 is 1.24 bits per heavy atom. The lowest BCUT2D eigenvalue weighted by molar-refractivity contribution is -0.140. The third kappa shape index (κ3) is 8.06. The number of amides is 2. The van der Waals surface area contributed by atoms with Gasteiger partial charge in [0.2, 0.25) is 0 Å². The zero-order chi connectivity index (χ0) is 13.3. The van der Waals surface area contributed by atoms with E-state index in [1.807, 2.05) is 6.92 Å². The number of rotatable bonds is 8. The molecule has 0 radical (unpaired) electrons. The first-order chi connectivity index (χ1) is 7.97.